The van der Waals surface area contributed by atoms with Gasteiger partial charge < -0.3 is 5.11 Å². The van der Waals surface area contributed by atoms with Gasteiger partial charge in [-0.3, -0.25) is 0 Å². The van der Waals surface area contributed by atoms with Crippen LogP contribution >= 0.6 is 11.8 Å². The first-order valence-electron chi connectivity index (χ1n) is 5.64. The summed E-state index contributed by atoms with van der Waals surface area (Å²) in [6, 6.07) is -0.994. The van der Waals surface area contributed by atoms with Gasteiger partial charge in [0.05, 0.1) is 6.61 Å². The molecule has 2 atom stereocenters. The molecule has 1 aromatic carbocycles. The zero-order chi connectivity index (χ0) is 16.4. The van der Waals surface area contributed by atoms with Crippen molar-refractivity contribution in [1.29, 1.82) is 0 Å². The van der Waals surface area contributed by atoms with Crippen molar-refractivity contribution in [2.75, 3.05) is 12.9 Å². The van der Waals surface area contributed by atoms with Crippen molar-refractivity contribution < 1.29 is 31.1 Å². The first-order chi connectivity index (χ1) is 9.65. The number of benzene rings is 1. The van der Waals surface area contributed by atoms with Gasteiger partial charge in [-0.15, -0.1) is 0 Å². The van der Waals surface area contributed by atoms with Gasteiger partial charge in [-0.25, -0.2) is 30.7 Å². The number of thioether (sulfide) groups is 1. The van der Waals surface area contributed by atoms with E-state index in [9.17, 15) is 26.0 Å². The fourth-order valence-corrected chi connectivity index (χ4v) is 3.75. The molecule has 0 aliphatic carbocycles. The van der Waals surface area contributed by atoms with Crippen LogP contribution in [0.5, 0.6) is 0 Å². The third-order valence-electron chi connectivity index (χ3n) is 2.72. The molecule has 0 fully saturated rings. The molecular weight excluding hydrogens is 334 g/mol. The van der Waals surface area contributed by atoms with Crippen molar-refractivity contribution in [3.05, 3.63) is 29.3 Å². The van der Waals surface area contributed by atoms with Crippen LogP contribution in [0.4, 0.5) is 17.6 Å². The molecule has 0 spiro atoms. The van der Waals surface area contributed by atoms with Gasteiger partial charge in [0.2, 0.25) is 10.0 Å². The van der Waals surface area contributed by atoms with Crippen molar-refractivity contribution in [1.82, 2.24) is 4.72 Å². The lowest BCUT2D eigenvalue weighted by Gasteiger charge is -2.21. The van der Waals surface area contributed by atoms with Gasteiger partial charge >= 0.3 is 0 Å². The Morgan fingerprint density at radius 2 is 1.71 bits per heavy atom. The summed E-state index contributed by atoms with van der Waals surface area (Å²) in [6.07, 6.45) is 1.59. The minimum absolute atomic E-state index is 0.0778. The summed E-state index contributed by atoms with van der Waals surface area (Å²) in [4.78, 5) is -1.72. The molecule has 21 heavy (non-hydrogen) atoms. The molecule has 1 rings (SSSR count). The summed E-state index contributed by atoms with van der Waals surface area (Å²) < 4.78 is 78.8. The Kier molecular flexibility index (Phi) is 6.02. The second-order valence-corrected chi connectivity index (χ2v) is 6.89. The van der Waals surface area contributed by atoms with Crippen LogP contribution in [0.3, 0.4) is 0 Å². The summed E-state index contributed by atoms with van der Waals surface area (Å²) in [5, 5.41) is 8.44. The van der Waals surface area contributed by atoms with Crippen LogP contribution in [0.15, 0.2) is 11.0 Å². The molecule has 10 heteroatoms. The summed E-state index contributed by atoms with van der Waals surface area (Å²) in [5.41, 5.74) is 0. The van der Waals surface area contributed by atoms with Crippen molar-refractivity contribution >= 4 is 21.8 Å². The minimum atomic E-state index is -4.84. The highest BCUT2D eigenvalue weighted by atomic mass is 32.2. The van der Waals surface area contributed by atoms with E-state index in [1.807, 2.05) is 4.72 Å². The maximum atomic E-state index is 13.5. The predicted molar refractivity (Wildman–Crippen MR) is 70.4 cm³/mol. The first-order valence-corrected chi connectivity index (χ1v) is 8.41. The third-order valence-corrected chi connectivity index (χ3v) is 5.46. The maximum Gasteiger partial charge on any atom is 0.246 e. The zero-order valence-electron chi connectivity index (χ0n) is 11.0. The standard InChI is InChI=1S/C11H13F4NO3S2/c1-5(8(4-17)20-2)16-21(18,19)11-9(14)6(12)3-7(13)10(11)15/h3,5,8,16-17H,4H2,1-2H3/t5-,8+/m0/s1. The Morgan fingerprint density at radius 3 is 2.10 bits per heavy atom. The SMILES string of the molecule is CS[C@H](CO)[C@H](C)NS(=O)(=O)c1c(F)c(F)cc(F)c1F. The molecule has 1 aromatic rings. The number of aliphatic hydroxyl groups excluding tert-OH is 1. The van der Waals surface area contributed by atoms with Crippen molar-refractivity contribution in [2.24, 2.45) is 0 Å². The number of hydrogen-bond acceptors (Lipinski definition) is 4. The third kappa shape index (κ3) is 3.87. The molecule has 0 amide bonds. The highest BCUT2D eigenvalue weighted by Crippen LogP contribution is 2.24. The quantitative estimate of drug-likeness (QED) is 0.606. The molecule has 0 aliphatic rings. The summed E-state index contributed by atoms with van der Waals surface area (Å²) in [6.45, 7) is 0.952. The Morgan fingerprint density at radius 1 is 1.24 bits per heavy atom. The topological polar surface area (TPSA) is 66.4 Å². The normalized spacial score (nSPS) is 15.0. The van der Waals surface area contributed by atoms with E-state index < -0.39 is 56.1 Å². The second-order valence-electron chi connectivity index (χ2n) is 4.16. The van der Waals surface area contributed by atoms with E-state index in [1.165, 1.54) is 6.92 Å². The highest BCUT2D eigenvalue weighted by molar-refractivity contribution is 7.99. The molecule has 0 aromatic heterocycles. The Balaban J connectivity index is 3.27. The van der Waals surface area contributed by atoms with E-state index >= 15 is 0 Å². The fraction of sp³-hybridized carbons (Fsp3) is 0.455. The molecule has 0 heterocycles. The lowest BCUT2D eigenvalue weighted by Crippen LogP contribution is -2.41. The van der Waals surface area contributed by atoms with Gasteiger partial charge in [0.1, 0.15) is 0 Å². The summed E-state index contributed by atoms with van der Waals surface area (Å²) in [7, 11) is -4.84. The predicted octanol–water partition coefficient (Wildman–Crippen LogP) is 1.63. The maximum absolute atomic E-state index is 13.5. The Hall–Kier alpha value is -0.840. The summed E-state index contributed by atoms with van der Waals surface area (Å²) >= 11 is 1.12. The van der Waals surface area contributed by atoms with Crippen LogP contribution in [0.25, 0.3) is 0 Å². The smallest absolute Gasteiger partial charge is 0.246 e. The van der Waals surface area contributed by atoms with E-state index in [2.05, 4.69) is 0 Å². The van der Waals surface area contributed by atoms with Gasteiger partial charge in [-0.1, -0.05) is 0 Å². The van der Waals surface area contributed by atoms with E-state index in [0.717, 1.165) is 11.8 Å². The van der Waals surface area contributed by atoms with Crippen molar-refractivity contribution in [3.63, 3.8) is 0 Å². The molecule has 0 saturated heterocycles. The van der Waals surface area contributed by atoms with Crippen LogP contribution in [0.1, 0.15) is 6.92 Å². The largest absolute Gasteiger partial charge is 0.395 e. The molecule has 0 aliphatic heterocycles. The van der Waals surface area contributed by atoms with Gasteiger partial charge in [0, 0.05) is 17.4 Å². The number of halogens is 4. The van der Waals surface area contributed by atoms with Gasteiger partial charge in [-0.2, -0.15) is 11.8 Å². The monoisotopic (exact) mass is 347 g/mol. The molecule has 0 radical (unpaired) electrons. The summed E-state index contributed by atoms with van der Waals surface area (Å²) in [5.74, 6) is -7.63. The van der Waals surface area contributed by atoms with E-state index in [4.69, 9.17) is 5.11 Å². The van der Waals surface area contributed by atoms with Gasteiger partial charge in [-0.05, 0) is 13.2 Å². The molecule has 0 bridgehead atoms. The van der Waals surface area contributed by atoms with Crippen LogP contribution in [-0.4, -0.2) is 37.7 Å². The van der Waals surface area contributed by atoms with Gasteiger partial charge in [0.25, 0.3) is 0 Å². The molecule has 2 N–H and O–H groups in total. The molecule has 4 nitrogen and oxygen atoms in total. The van der Waals surface area contributed by atoms with E-state index in [0.29, 0.717) is 0 Å². The van der Waals surface area contributed by atoms with Crippen LogP contribution in [0.2, 0.25) is 0 Å². The fourth-order valence-electron chi connectivity index (χ4n) is 1.60. The Bertz CT molecular complexity index is 594. The number of nitrogens with one attached hydrogen (secondary N) is 1. The average Bonchev–Trinajstić information content (AvgIpc) is 2.37. The van der Waals surface area contributed by atoms with Crippen LogP contribution in [-0.2, 0) is 10.0 Å². The van der Waals surface area contributed by atoms with Gasteiger partial charge in [0.15, 0.2) is 28.2 Å². The minimum Gasteiger partial charge on any atom is -0.395 e. The Labute approximate surface area is 123 Å². The molecule has 120 valence electrons. The van der Waals surface area contributed by atoms with Crippen molar-refractivity contribution in [2.45, 2.75) is 23.1 Å². The van der Waals surface area contributed by atoms with E-state index in [1.54, 1.807) is 6.26 Å². The molecular formula is C11H13F4NO3S2. The number of rotatable bonds is 6. The molecule has 0 unspecified atom stereocenters. The van der Waals surface area contributed by atoms with Crippen LogP contribution < -0.4 is 4.72 Å². The zero-order valence-corrected chi connectivity index (χ0v) is 12.7. The van der Waals surface area contributed by atoms with E-state index in [-0.39, 0.29) is 6.07 Å². The van der Waals surface area contributed by atoms with Crippen LogP contribution in [0, 0.1) is 23.3 Å². The number of hydrogen-bond donors (Lipinski definition) is 2. The second kappa shape index (κ2) is 6.95. The lowest BCUT2D eigenvalue weighted by atomic mass is 10.3. The lowest BCUT2D eigenvalue weighted by molar-refractivity contribution is 0.282. The average molecular weight is 347 g/mol. The number of aliphatic hydroxyl groups is 1. The van der Waals surface area contributed by atoms with Crippen molar-refractivity contribution in [3.8, 4) is 0 Å². The molecule has 0 saturated carbocycles. The first kappa shape index (κ1) is 18.2. The number of sulfonamides is 1. The highest BCUT2D eigenvalue weighted by Gasteiger charge is 2.32.